The van der Waals surface area contributed by atoms with E-state index < -0.39 is 0 Å². The quantitative estimate of drug-likeness (QED) is 0.516. The van der Waals surface area contributed by atoms with Crippen LogP contribution in [-0.4, -0.2) is 24.7 Å². The second-order valence-electron chi connectivity index (χ2n) is 3.76. The average Bonchev–Trinajstić information content (AvgIpc) is 2.85. The number of anilines is 2. The summed E-state index contributed by atoms with van der Waals surface area (Å²) in [4.78, 5) is 8.25. The number of rotatable bonds is 5. The normalized spacial score (nSPS) is 10.4. The minimum absolute atomic E-state index is 0.375. The van der Waals surface area contributed by atoms with Crippen LogP contribution in [0.2, 0.25) is 0 Å². The van der Waals surface area contributed by atoms with Crippen LogP contribution < -0.4 is 16.6 Å². The molecular formula is C10H16N8. The number of hydrogen-bond acceptors (Lipinski definition) is 7. The fourth-order valence-corrected chi connectivity index (χ4v) is 1.53. The van der Waals surface area contributed by atoms with Gasteiger partial charge in [0.2, 0.25) is 5.95 Å². The lowest BCUT2D eigenvalue weighted by Gasteiger charge is -2.09. The van der Waals surface area contributed by atoms with E-state index in [9.17, 15) is 0 Å². The van der Waals surface area contributed by atoms with Gasteiger partial charge in [0.1, 0.15) is 12.1 Å². The molecule has 0 spiro atoms. The summed E-state index contributed by atoms with van der Waals surface area (Å²) in [6, 6.07) is 0. The topological polar surface area (TPSA) is 107 Å². The molecule has 0 fully saturated rings. The second kappa shape index (κ2) is 5.41. The highest BCUT2D eigenvalue weighted by molar-refractivity contribution is 5.45. The molecule has 0 aliphatic carbocycles. The van der Waals surface area contributed by atoms with E-state index >= 15 is 0 Å². The third-order valence-corrected chi connectivity index (χ3v) is 2.55. The zero-order valence-electron chi connectivity index (χ0n) is 10.4. The molecule has 0 aliphatic rings. The Hall–Kier alpha value is -2.22. The molecular weight excluding hydrogens is 232 g/mol. The zero-order chi connectivity index (χ0) is 13.0. The molecule has 2 rings (SSSR count). The Morgan fingerprint density at radius 1 is 1.44 bits per heavy atom. The lowest BCUT2D eigenvalue weighted by Crippen LogP contribution is -2.13. The molecule has 2 heterocycles. The molecule has 0 radical (unpaired) electrons. The molecule has 0 aliphatic heterocycles. The van der Waals surface area contributed by atoms with Crippen LogP contribution in [0.1, 0.15) is 18.3 Å². The van der Waals surface area contributed by atoms with Crippen LogP contribution in [0.4, 0.5) is 11.8 Å². The Bertz CT molecular complexity index is 520. The maximum absolute atomic E-state index is 5.28. The van der Waals surface area contributed by atoms with Crippen LogP contribution in [0.25, 0.3) is 0 Å². The summed E-state index contributed by atoms with van der Waals surface area (Å²) >= 11 is 0. The van der Waals surface area contributed by atoms with Crippen LogP contribution in [-0.2, 0) is 13.1 Å². The molecule has 0 atom stereocenters. The van der Waals surface area contributed by atoms with Crippen molar-refractivity contribution in [3.8, 4) is 0 Å². The number of aryl methyl sites for hydroxylation is 2. The van der Waals surface area contributed by atoms with Crippen LogP contribution in [0.3, 0.4) is 0 Å². The summed E-state index contributed by atoms with van der Waals surface area (Å²) in [5.74, 6) is 7.24. The molecule has 2 aromatic heterocycles. The summed E-state index contributed by atoms with van der Waals surface area (Å²) in [5, 5.41) is 11.1. The molecule has 0 unspecified atom stereocenters. The Morgan fingerprint density at radius 2 is 2.28 bits per heavy atom. The van der Waals surface area contributed by atoms with Crippen LogP contribution in [0.15, 0.2) is 12.5 Å². The van der Waals surface area contributed by atoms with Crippen molar-refractivity contribution in [2.75, 3.05) is 10.7 Å². The number of aromatic nitrogens is 5. The van der Waals surface area contributed by atoms with Gasteiger partial charge in [-0.05, 0) is 13.8 Å². The molecule has 8 heteroatoms. The van der Waals surface area contributed by atoms with Gasteiger partial charge in [-0.3, -0.25) is 5.43 Å². The number of nitrogens with zero attached hydrogens (tertiary/aromatic N) is 5. The summed E-state index contributed by atoms with van der Waals surface area (Å²) < 4.78 is 1.96. The maximum atomic E-state index is 5.28. The van der Waals surface area contributed by atoms with Crippen molar-refractivity contribution >= 4 is 11.8 Å². The molecule has 0 saturated heterocycles. The first-order valence-electron chi connectivity index (χ1n) is 5.65. The van der Waals surface area contributed by atoms with Gasteiger partial charge in [-0.25, -0.2) is 10.8 Å². The largest absolute Gasteiger partial charge is 0.362 e. The van der Waals surface area contributed by atoms with Crippen molar-refractivity contribution in [2.45, 2.75) is 26.9 Å². The summed E-state index contributed by atoms with van der Waals surface area (Å²) in [7, 11) is 0. The standard InChI is InChI=1S/C10H16N8/c1-3-18-6-14-17-8(18)5-12-9-7(2)4-13-10(15-9)16-11/h4,6H,3,5,11H2,1-2H3,(H2,12,13,15,16). The zero-order valence-corrected chi connectivity index (χ0v) is 10.4. The van der Waals surface area contributed by atoms with E-state index in [0.29, 0.717) is 12.5 Å². The third-order valence-electron chi connectivity index (χ3n) is 2.55. The first-order chi connectivity index (χ1) is 8.74. The van der Waals surface area contributed by atoms with E-state index in [4.69, 9.17) is 5.84 Å². The minimum atomic E-state index is 0.375. The van der Waals surface area contributed by atoms with Crippen LogP contribution in [0, 0.1) is 6.92 Å². The van der Waals surface area contributed by atoms with Crippen LogP contribution >= 0.6 is 0 Å². The van der Waals surface area contributed by atoms with Gasteiger partial charge >= 0.3 is 0 Å². The highest BCUT2D eigenvalue weighted by atomic mass is 15.3. The molecule has 0 amide bonds. The van der Waals surface area contributed by atoms with Gasteiger partial charge in [0.15, 0.2) is 5.82 Å². The Labute approximate surface area is 105 Å². The fraction of sp³-hybridized carbons (Fsp3) is 0.400. The first kappa shape index (κ1) is 12.2. The first-order valence-corrected chi connectivity index (χ1v) is 5.65. The molecule has 8 nitrogen and oxygen atoms in total. The van der Waals surface area contributed by atoms with Crippen molar-refractivity contribution < 1.29 is 0 Å². The number of hydrogen-bond donors (Lipinski definition) is 3. The van der Waals surface area contributed by atoms with Crippen molar-refractivity contribution in [3.63, 3.8) is 0 Å². The van der Waals surface area contributed by atoms with Gasteiger partial charge < -0.3 is 9.88 Å². The van der Waals surface area contributed by atoms with Gasteiger partial charge in [0, 0.05) is 18.3 Å². The maximum Gasteiger partial charge on any atom is 0.239 e. The van der Waals surface area contributed by atoms with E-state index in [1.807, 2.05) is 18.4 Å². The molecule has 2 aromatic rings. The monoisotopic (exact) mass is 248 g/mol. The van der Waals surface area contributed by atoms with Crippen molar-refractivity contribution in [1.29, 1.82) is 0 Å². The van der Waals surface area contributed by atoms with E-state index in [1.54, 1.807) is 12.5 Å². The van der Waals surface area contributed by atoms with Gasteiger partial charge in [0.25, 0.3) is 0 Å². The Kier molecular flexibility index (Phi) is 3.68. The van der Waals surface area contributed by atoms with Gasteiger partial charge in [0.05, 0.1) is 6.54 Å². The lowest BCUT2D eigenvalue weighted by molar-refractivity contribution is 0.707. The highest BCUT2D eigenvalue weighted by Gasteiger charge is 2.06. The number of hydrazine groups is 1. The van der Waals surface area contributed by atoms with Gasteiger partial charge in [-0.2, -0.15) is 4.98 Å². The van der Waals surface area contributed by atoms with Crippen LogP contribution in [0.5, 0.6) is 0 Å². The number of nitrogens with one attached hydrogen (secondary N) is 2. The summed E-state index contributed by atoms with van der Waals surface area (Å²) in [6.45, 7) is 5.35. The molecule has 18 heavy (non-hydrogen) atoms. The minimum Gasteiger partial charge on any atom is -0.362 e. The Balaban J connectivity index is 2.10. The van der Waals surface area contributed by atoms with Crippen molar-refractivity contribution in [1.82, 2.24) is 24.7 Å². The van der Waals surface area contributed by atoms with E-state index in [-0.39, 0.29) is 0 Å². The van der Waals surface area contributed by atoms with Crippen molar-refractivity contribution in [2.24, 2.45) is 5.84 Å². The van der Waals surface area contributed by atoms with Gasteiger partial charge in [-0.1, -0.05) is 0 Å². The predicted octanol–water partition coefficient (Wildman–Crippen LogP) is 0.294. The molecule has 4 N–H and O–H groups in total. The predicted molar refractivity (Wildman–Crippen MR) is 67.6 cm³/mol. The molecule has 0 bridgehead atoms. The number of nitrogen functional groups attached to an aromatic ring is 1. The van der Waals surface area contributed by atoms with Gasteiger partial charge in [-0.15, -0.1) is 10.2 Å². The second-order valence-corrected chi connectivity index (χ2v) is 3.76. The third kappa shape index (κ3) is 2.54. The lowest BCUT2D eigenvalue weighted by atomic mass is 10.3. The summed E-state index contributed by atoms with van der Waals surface area (Å²) in [5.41, 5.74) is 3.36. The molecule has 0 aromatic carbocycles. The average molecular weight is 248 g/mol. The number of nitrogens with two attached hydrogens (primary N) is 1. The van der Waals surface area contributed by atoms with E-state index in [1.165, 1.54) is 0 Å². The molecule has 0 saturated carbocycles. The fourth-order valence-electron chi connectivity index (χ4n) is 1.53. The Morgan fingerprint density at radius 3 is 3.00 bits per heavy atom. The van der Waals surface area contributed by atoms with E-state index in [2.05, 4.69) is 30.9 Å². The van der Waals surface area contributed by atoms with E-state index in [0.717, 1.165) is 23.8 Å². The smallest absolute Gasteiger partial charge is 0.239 e. The SMILES string of the molecule is CCn1cnnc1CNc1nc(NN)ncc1C. The molecule has 96 valence electrons. The summed E-state index contributed by atoms with van der Waals surface area (Å²) in [6.07, 6.45) is 3.41. The highest BCUT2D eigenvalue weighted by Crippen LogP contribution is 2.12. The van der Waals surface area contributed by atoms with Crippen molar-refractivity contribution in [3.05, 3.63) is 23.9 Å².